The normalized spacial score (nSPS) is 14.0. The number of thiazole rings is 1. The quantitative estimate of drug-likeness (QED) is 0.635. The molecule has 1 fully saturated rings. The SMILES string of the molecule is CN(C(=O)C1CC1)c1nc(-c2ccc(Cl)cc2)c(-c2ccc(S(N)(=O)=O)cc2)s1. The number of anilines is 1. The van der Waals surface area contributed by atoms with E-state index in [1.54, 1.807) is 36.2 Å². The van der Waals surface area contributed by atoms with E-state index in [2.05, 4.69) is 0 Å². The maximum Gasteiger partial charge on any atom is 0.238 e. The van der Waals surface area contributed by atoms with Gasteiger partial charge in [0.15, 0.2) is 5.13 Å². The van der Waals surface area contributed by atoms with Gasteiger partial charge in [-0.3, -0.25) is 9.69 Å². The minimum Gasteiger partial charge on any atom is -0.291 e. The Morgan fingerprint density at radius 3 is 2.24 bits per heavy atom. The molecule has 1 aliphatic rings. The Balaban J connectivity index is 1.80. The standard InChI is InChI=1S/C20H18ClN3O3S2/c1-24(19(25)14-2-3-14)20-23-17(12-4-8-15(21)9-5-12)18(28-20)13-6-10-16(11-7-13)29(22,26)27/h4-11,14H,2-3H2,1H3,(H2,22,26,27). The first-order valence-electron chi connectivity index (χ1n) is 8.91. The number of halogens is 1. The Morgan fingerprint density at radius 1 is 1.10 bits per heavy atom. The van der Waals surface area contributed by atoms with E-state index in [1.807, 2.05) is 12.1 Å². The number of nitrogens with two attached hydrogens (primary N) is 1. The van der Waals surface area contributed by atoms with Crippen LogP contribution in [-0.2, 0) is 14.8 Å². The molecule has 6 nitrogen and oxygen atoms in total. The van der Waals surface area contributed by atoms with Crippen LogP contribution in [-0.4, -0.2) is 26.4 Å². The summed E-state index contributed by atoms with van der Waals surface area (Å²) in [7, 11) is -2.04. The fraction of sp³-hybridized carbons (Fsp3) is 0.200. The largest absolute Gasteiger partial charge is 0.291 e. The molecule has 0 atom stereocenters. The molecule has 0 aliphatic heterocycles. The summed E-state index contributed by atoms with van der Waals surface area (Å²) < 4.78 is 23.1. The summed E-state index contributed by atoms with van der Waals surface area (Å²) in [6.45, 7) is 0. The third kappa shape index (κ3) is 4.20. The van der Waals surface area contributed by atoms with Crippen LogP contribution in [0, 0.1) is 5.92 Å². The van der Waals surface area contributed by atoms with Crippen molar-refractivity contribution in [2.24, 2.45) is 11.1 Å². The van der Waals surface area contributed by atoms with Crippen LogP contribution in [0.15, 0.2) is 53.4 Å². The maximum absolute atomic E-state index is 12.5. The Labute approximate surface area is 178 Å². The molecule has 1 saturated carbocycles. The van der Waals surface area contributed by atoms with Crippen LogP contribution < -0.4 is 10.0 Å². The lowest BCUT2D eigenvalue weighted by atomic mass is 10.1. The van der Waals surface area contributed by atoms with Crippen molar-refractivity contribution in [3.63, 3.8) is 0 Å². The molecule has 1 heterocycles. The molecule has 0 radical (unpaired) electrons. The van der Waals surface area contributed by atoms with Gasteiger partial charge in [0.1, 0.15) is 0 Å². The summed E-state index contributed by atoms with van der Waals surface area (Å²) in [5, 5.41) is 6.41. The molecule has 29 heavy (non-hydrogen) atoms. The highest BCUT2D eigenvalue weighted by Crippen LogP contribution is 2.42. The summed E-state index contributed by atoms with van der Waals surface area (Å²) in [6.07, 6.45) is 1.83. The molecular weight excluding hydrogens is 430 g/mol. The minimum atomic E-state index is -3.77. The molecule has 9 heteroatoms. The van der Waals surface area contributed by atoms with Crippen molar-refractivity contribution in [1.82, 2.24) is 4.98 Å². The van der Waals surface area contributed by atoms with Crippen LogP contribution >= 0.6 is 22.9 Å². The van der Waals surface area contributed by atoms with Crippen LogP contribution in [0.4, 0.5) is 5.13 Å². The number of rotatable bonds is 5. The highest BCUT2D eigenvalue weighted by atomic mass is 35.5. The Morgan fingerprint density at radius 2 is 1.69 bits per heavy atom. The molecule has 0 unspecified atom stereocenters. The average molecular weight is 448 g/mol. The van der Waals surface area contributed by atoms with E-state index < -0.39 is 10.0 Å². The van der Waals surface area contributed by atoms with Gasteiger partial charge in [-0.2, -0.15) is 0 Å². The Hall–Kier alpha value is -2.26. The number of hydrogen-bond donors (Lipinski definition) is 1. The number of amides is 1. The van der Waals surface area contributed by atoms with Gasteiger partial charge in [0.2, 0.25) is 15.9 Å². The molecule has 2 N–H and O–H groups in total. The second kappa shape index (κ2) is 7.53. The van der Waals surface area contributed by atoms with E-state index in [0.717, 1.165) is 28.8 Å². The third-order valence-corrected chi connectivity index (χ3v) is 7.08. The van der Waals surface area contributed by atoms with Gasteiger partial charge < -0.3 is 0 Å². The number of nitrogens with zero attached hydrogens (tertiary/aromatic N) is 2. The molecule has 0 bridgehead atoms. The van der Waals surface area contributed by atoms with Crippen molar-refractivity contribution in [1.29, 1.82) is 0 Å². The highest BCUT2D eigenvalue weighted by Gasteiger charge is 2.34. The van der Waals surface area contributed by atoms with E-state index in [9.17, 15) is 13.2 Å². The van der Waals surface area contributed by atoms with Crippen LogP contribution in [0.3, 0.4) is 0 Å². The van der Waals surface area contributed by atoms with Crippen LogP contribution in [0.1, 0.15) is 12.8 Å². The van der Waals surface area contributed by atoms with E-state index in [4.69, 9.17) is 21.7 Å². The van der Waals surface area contributed by atoms with Crippen molar-refractivity contribution in [2.75, 3.05) is 11.9 Å². The Kier molecular flexibility index (Phi) is 5.20. The van der Waals surface area contributed by atoms with Gasteiger partial charge in [-0.25, -0.2) is 18.5 Å². The number of aromatic nitrogens is 1. The second-order valence-corrected chi connectivity index (χ2v) is 9.90. The van der Waals surface area contributed by atoms with Gasteiger partial charge in [-0.15, -0.1) is 0 Å². The van der Waals surface area contributed by atoms with Crippen molar-refractivity contribution < 1.29 is 13.2 Å². The topological polar surface area (TPSA) is 93.4 Å². The molecule has 4 rings (SSSR count). The molecule has 0 saturated heterocycles. The minimum absolute atomic E-state index is 0.0417. The molecule has 3 aromatic rings. The summed E-state index contributed by atoms with van der Waals surface area (Å²) in [5.41, 5.74) is 2.36. The zero-order valence-electron chi connectivity index (χ0n) is 15.5. The monoisotopic (exact) mass is 447 g/mol. The van der Waals surface area contributed by atoms with Crippen LogP contribution in [0.2, 0.25) is 5.02 Å². The molecule has 1 aromatic heterocycles. The zero-order chi connectivity index (χ0) is 20.8. The van der Waals surface area contributed by atoms with Gasteiger partial charge >= 0.3 is 0 Å². The molecular formula is C20H18ClN3O3S2. The van der Waals surface area contributed by atoms with Gasteiger partial charge in [-0.1, -0.05) is 47.2 Å². The highest BCUT2D eigenvalue weighted by molar-refractivity contribution is 7.89. The number of sulfonamides is 1. The lowest BCUT2D eigenvalue weighted by molar-refractivity contribution is -0.119. The Bertz CT molecular complexity index is 1170. The van der Waals surface area contributed by atoms with E-state index in [1.165, 1.54) is 23.5 Å². The lowest BCUT2D eigenvalue weighted by Gasteiger charge is -2.12. The first-order chi connectivity index (χ1) is 13.7. The van der Waals surface area contributed by atoms with Crippen LogP contribution in [0.5, 0.6) is 0 Å². The fourth-order valence-electron chi connectivity index (χ4n) is 2.95. The zero-order valence-corrected chi connectivity index (χ0v) is 17.9. The summed E-state index contributed by atoms with van der Waals surface area (Å²) in [6, 6.07) is 13.6. The fourth-order valence-corrected chi connectivity index (χ4v) is 4.65. The molecule has 2 aromatic carbocycles. The average Bonchev–Trinajstić information content (AvgIpc) is 3.45. The van der Waals surface area contributed by atoms with Gasteiger partial charge in [0.25, 0.3) is 0 Å². The number of hydrogen-bond acceptors (Lipinski definition) is 5. The summed E-state index contributed by atoms with van der Waals surface area (Å²) in [4.78, 5) is 19.7. The van der Waals surface area contributed by atoms with Crippen molar-refractivity contribution >= 4 is 44.0 Å². The molecule has 1 aliphatic carbocycles. The third-order valence-electron chi connectivity index (χ3n) is 4.72. The van der Waals surface area contributed by atoms with Crippen molar-refractivity contribution in [3.8, 4) is 21.7 Å². The first-order valence-corrected chi connectivity index (χ1v) is 11.7. The lowest BCUT2D eigenvalue weighted by Crippen LogP contribution is -2.27. The van der Waals surface area contributed by atoms with Gasteiger partial charge in [0, 0.05) is 23.6 Å². The first kappa shape index (κ1) is 20.0. The maximum atomic E-state index is 12.5. The number of carbonyl (C=O) groups excluding carboxylic acids is 1. The van der Waals surface area contributed by atoms with Crippen LogP contribution in [0.25, 0.3) is 21.7 Å². The predicted molar refractivity (Wildman–Crippen MR) is 116 cm³/mol. The van der Waals surface area contributed by atoms with E-state index >= 15 is 0 Å². The number of benzene rings is 2. The van der Waals surface area contributed by atoms with E-state index in [0.29, 0.717) is 15.8 Å². The smallest absolute Gasteiger partial charge is 0.238 e. The van der Waals surface area contributed by atoms with Gasteiger partial charge in [0.05, 0.1) is 15.5 Å². The molecule has 0 spiro atoms. The molecule has 1 amide bonds. The second-order valence-electron chi connectivity index (χ2n) is 6.92. The predicted octanol–water partition coefficient (Wildman–Crippen LogP) is 4.15. The van der Waals surface area contributed by atoms with E-state index in [-0.39, 0.29) is 16.7 Å². The number of primary sulfonamides is 1. The summed E-state index contributed by atoms with van der Waals surface area (Å²) in [5.74, 6) is 0.151. The molecule has 150 valence electrons. The van der Waals surface area contributed by atoms with Gasteiger partial charge in [-0.05, 0) is 42.7 Å². The van der Waals surface area contributed by atoms with Crippen molar-refractivity contribution in [3.05, 3.63) is 53.6 Å². The number of carbonyl (C=O) groups is 1. The van der Waals surface area contributed by atoms with Crippen molar-refractivity contribution in [2.45, 2.75) is 17.7 Å². The summed E-state index contributed by atoms with van der Waals surface area (Å²) >= 11 is 7.40.